The van der Waals surface area contributed by atoms with Gasteiger partial charge >= 0.3 is 0 Å². The molecule has 0 heterocycles. The monoisotopic (exact) mass is 366 g/mol. The molecule has 0 saturated heterocycles. The normalized spacial score (nSPS) is 11.9. The second kappa shape index (κ2) is 8.48. The van der Waals surface area contributed by atoms with Crippen LogP contribution in [0.25, 0.3) is 0 Å². The summed E-state index contributed by atoms with van der Waals surface area (Å²) in [5, 5.41) is 3.71. The first-order valence-electron chi connectivity index (χ1n) is 7.57. The van der Waals surface area contributed by atoms with Crippen LogP contribution in [-0.2, 0) is 4.79 Å². The highest BCUT2D eigenvalue weighted by Gasteiger charge is 2.21. The number of rotatable bonds is 2. The largest absolute Gasteiger partial charge is 0.363 e. The molecule has 0 bridgehead atoms. The Morgan fingerprint density at radius 3 is 2.29 bits per heavy atom. The van der Waals surface area contributed by atoms with E-state index in [4.69, 9.17) is 12.2 Å². The smallest absolute Gasteiger partial charge is 0.229 e. The van der Waals surface area contributed by atoms with Crippen molar-refractivity contribution >= 4 is 50.7 Å². The topological polar surface area (TPSA) is 47.9 Å². The number of amides is 1. The van der Waals surface area contributed by atoms with Crippen LogP contribution < -0.4 is 5.32 Å². The molecule has 0 aromatic heterocycles. The standard InChI is InChI=1S/C17H26N4OS2/c1-17(2,3)14(22)18-12-9-8-10-13(11-12)19-15(20(4)5)24-16(23)21(6)7/h8-11H,1-7H3,(H,18,22). The molecule has 1 amide bonds. The van der Waals surface area contributed by atoms with Crippen molar-refractivity contribution in [3.05, 3.63) is 24.3 Å². The van der Waals surface area contributed by atoms with Gasteiger partial charge in [0.1, 0.15) is 4.32 Å². The summed E-state index contributed by atoms with van der Waals surface area (Å²) in [5.41, 5.74) is 1.05. The second-order valence-electron chi connectivity index (χ2n) is 6.81. The van der Waals surface area contributed by atoms with Crippen LogP contribution in [0, 0.1) is 5.41 Å². The van der Waals surface area contributed by atoms with E-state index >= 15 is 0 Å². The van der Waals surface area contributed by atoms with E-state index in [-0.39, 0.29) is 5.91 Å². The molecule has 5 nitrogen and oxygen atoms in total. The summed E-state index contributed by atoms with van der Waals surface area (Å²) in [7, 11) is 7.67. The molecule has 0 saturated carbocycles. The molecule has 0 radical (unpaired) electrons. The lowest BCUT2D eigenvalue weighted by Gasteiger charge is -2.19. The highest BCUT2D eigenvalue weighted by molar-refractivity contribution is 8.32. The Kier molecular flexibility index (Phi) is 7.23. The Morgan fingerprint density at radius 2 is 1.79 bits per heavy atom. The lowest BCUT2D eigenvalue weighted by molar-refractivity contribution is -0.123. The highest BCUT2D eigenvalue weighted by atomic mass is 32.2. The van der Waals surface area contributed by atoms with Gasteiger partial charge in [-0.1, -0.05) is 39.1 Å². The van der Waals surface area contributed by atoms with Crippen molar-refractivity contribution in [2.75, 3.05) is 33.5 Å². The number of hydrogen-bond acceptors (Lipinski definition) is 4. The van der Waals surface area contributed by atoms with E-state index < -0.39 is 5.41 Å². The molecule has 1 rings (SSSR count). The van der Waals surface area contributed by atoms with Gasteiger partial charge in [-0.15, -0.1) is 0 Å². The minimum atomic E-state index is -0.443. The predicted octanol–water partition coefficient (Wildman–Crippen LogP) is 3.80. The Labute approximate surface area is 154 Å². The summed E-state index contributed by atoms with van der Waals surface area (Å²) < 4.78 is 0.736. The lowest BCUT2D eigenvalue weighted by Crippen LogP contribution is -2.27. The Bertz CT molecular complexity index is 634. The van der Waals surface area contributed by atoms with E-state index in [0.29, 0.717) is 0 Å². The van der Waals surface area contributed by atoms with Crippen molar-refractivity contribution in [2.24, 2.45) is 10.4 Å². The first-order chi connectivity index (χ1) is 11.0. The Morgan fingerprint density at radius 1 is 1.17 bits per heavy atom. The van der Waals surface area contributed by atoms with E-state index in [1.54, 1.807) is 0 Å². The number of thioether (sulfide) groups is 1. The maximum absolute atomic E-state index is 12.1. The molecule has 0 aliphatic rings. The molecule has 7 heteroatoms. The molecule has 24 heavy (non-hydrogen) atoms. The van der Waals surface area contributed by atoms with Crippen molar-refractivity contribution in [2.45, 2.75) is 20.8 Å². The van der Waals surface area contributed by atoms with Gasteiger partial charge in [-0.2, -0.15) is 0 Å². The van der Waals surface area contributed by atoms with Crippen molar-refractivity contribution in [3.8, 4) is 0 Å². The minimum absolute atomic E-state index is 0.0281. The van der Waals surface area contributed by atoms with E-state index in [2.05, 4.69) is 10.3 Å². The maximum atomic E-state index is 12.1. The molecule has 1 N–H and O–H groups in total. The summed E-state index contributed by atoms with van der Waals surface area (Å²) in [4.78, 5) is 20.6. The number of anilines is 1. The van der Waals surface area contributed by atoms with Crippen molar-refractivity contribution < 1.29 is 4.79 Å². The molecule has 0 atom stereocenters. The molecule has 0 unspecified atom stereocenters. The van der Waals surface area contributed by atoms with Gasteiger partial charge in [-0.05, 0) is 30.0 Å². The maximum Gasteiger partial charge on any atom is 0.229 e. The van der Waals surface area contributed by atoms with Gasteiger partial charge in [0, 0.05) is 39.3 Å². The van der Waals surface area contributed by atoms with Gasteiger partial charge in [0.05, 0.1) is 5.69 Å². The van der Waals surface area contributed by atoms with Crippen LogP contribution in [0.1, 0.15) is 20.8 Å². The zero-order valence-electron chi connectivity index (χ0n) is 15.4. The van der Waals surface area contributed by atoms with E-state index in [1.807, 2.05) is 83.0 Å². The average molecular weight is 367 g/mol. The number of carbonyl (C=O) groups excluding carboxylic acids is 1. The van der Waals surface area contributed by atoms with Crippen LogP contribution in [0.15, 0.2) is 29.3 Å². The third-order valence-corrected chi connectivity index (χ3v) is 4.73. The number of amidine groups is 1. The van der Waals surface area contributed by atoms with E-state index in [1.165, 1.54) is 11.8 Å². The van der Waals surface area contributed by atoms with Crippen LogP contribution in [0.3, 0.4) is 0 Å². The zero-order chi connectivity index (χ0) is 18.5. The molecule has 0 spiro atoms. The molecule has 0 aliphatic carbocycles. The SMILES string of the molecule is CN(C)C(=S)SC(=Nc1cccc(NC(=O)C(C)(C)C)c1)N(C)C. The molecule has 0 aliphatic heterocycles. The zero-order valence-corrected chi connectivity index (χ0v) is 17.0. The summed E-state index contributed by atoms with van der Waals surface area (Å²) in [6.45, 7) is 5.65. The van der Waals surface area contributed by atoms with Crippen molar-refractivity contribution in [3.63, 3.8) is 0 Å². The molecule has 0 fully saturated rings. The van der Waals surface area contributed by atoms with E-state index in [9.17, 15) is 4.79 Å². The van der Waals surface area contributed by atoms with Gasteiger partial charge in [0.15, 0.2) is 5.17 Å². The van der Waals surface area contributed by atoms with Gasteiger partial charge in [-0.3, -0.25) is 4.79 Å². The third kappa shape index (κ3) is 6.49. The lowest BCUT2D eigenvalue weighted by atomic mass is 9.95. The third-order valence-electron chi connectivity index (χ3n) is 2.94. The molecular formula is C17H26N4OS2. The molecule has 132 valence electrons. The van der Waals surface area contributed by atoms with Crippen molar-refractivity contribution in [1.82, 2.24) is 9.80 Å². The predicted molar refractivity (Wildman–Crippen MR) is 109 cm³/mol. The summed E-state index contributed by atoms with van der Waals surface area (Å²) >= 11 is 6.76. The van der Waals surface area contributed by atoms with Crippen LogP contribution >= 0.6 is 24.0 Å². The van der Waals surface area contributed by atoms with Crippen LogP contribution in [-0.4, -0.2) is 53.4 Å². The van der Waals surface area contributed by atoms with Crippen LogP contribution in [0.4, 0.5) is 11.4 Å². The van der Waals surface area contributed by atoms with Crippen LogP contribution in [0.2, 0.25) is 0 Å². The Hall–Kier alpha value is -1.60. The number of hydrogen-bond donors (Lipinski definition) is 1. The number of aliphatic imine (C=N–C) groups is 1. The first-order valence-corrected chi connectivity index (χ1v) is 8.80. The summed E-state index contributed by atoms with van der Waals surface area (Å²) in [6, 6.07) is 7.48. The quantitative estimate of drug-likeness (QED) is 0.490. The highest BCUT2D eigenvalue weighted by Crippen LogP contribution is 2.23. The second-order valence-corrected chi connectivity index (χ2v) is 8.41. The average Bonchev–Trinajstić information content (AvgIpc) is 2.45. The number of nitrogens with zero attached hydrogens (tertiary/aromatic N) is 3. The fourth-order valence-electron chi connectivity index (χ4n) is 1.47. The number of carbonyl (C=O) groups is 1. The Balaban J connectivity index is 3.01. The number of nitrogens with one attached hydrogen (secondary N) is 1. The van der Waals surface area contributed by atoms with Crippen LogP contribution in [0.5, 0.6) is 0 Å². The fourth-order valence-corrected chi connectivity index (χ4v) is 2.36. The van der Waals surface area contributed by atoms with Gasteiger partial charge in [0.25, 0.3) is 0 Å². The van der Waals surface area contributed by atoms with Crippen molar-refractivity contribution in [1.29, 1.82) is 0 Å². The number of benzene rings is 1. The summed E-state index contributed by atoms with van der Waals surface area (Å²) in [5.74, 6) is -0.0281. The summed E-state index contributed by atoms with van der Waals surface area (Å²) in [6.07, 6.45) is 0. The molecule has 1 aromatic carbocycles. The fraction of sp³-hybridized carbons (Fsp3) is 0.471. The molecular weight excluding hydrogens is 340 g/mol. The van der Waals surface area contributed by atoms with E-state index in [0.717, 1.165) is 20.9 Å². The van der Waals surface area contributed by atoms with Gasteiger partial charge in [0.2, 0.25) is 5.91 Å². The molecule has 1 aromatic rings. The minimum Gasteiger partial charge on any atom is -0.363 e. The first kappa shape index (κ1) is 20.4. The number of thiocarbonyl (C=S) groups is 1. The van der Waals surface area contributed by atoms with Gasteiger partial charge in [-0.25, -0.2) is 4.99 Å². The van der Waals surface area contributed by atoms with Gasteiger partial charge < -0.3 is 15.1 Å².